The number of rotatable bonds is 2. The van der Waals surface area contributed by atoms with E-state index in [0.29, 0.717) is 6.42 Å². The van der Waals surface area contributed by atoms with E-state index < -0.39 is 17.4 Å². The monoisotopic (exact) mass is 368 g/mol. The van der Waals surface area contributed by atoms with Gasteiger partial charge in [0, 0.05) is 13.3 Å². The molecule has 2 heterocycles. The van der Waals surface area contributed by atoms with E-state index in [1.165, 1.54) is 6.92 Å². The first-order valence-corrected chi connectivity index (χ1v) is 9.57. The molecule has 0 unspecified atom stereocenters. The lowest BCUT2D eigenvalue weighted by Crippen LogP contribution is -2.69. The molecule has 0 aromatic heterocycles. The van der Waals surface area contributed by atoms with Gasteiger partial charge in [0.1, 0.15) is 0 Å². The molecule has 0 N–H and O–H groups in total. The van der Waals surface area contributed by atoms with Crippen LogP contribution in [0.15, 0.2) is 0 Å². The van der Waals surface area contributed by atoms with E-state index in [4.69, 9.17) is 18.9 Å². The SMILES string of the molecule is CC(=O)OC[C@@]12COC(=O)CCCCCCC[C@@H]3C[C@@H](C(=O)O1)[C@@]3(C)O2. The Bertz CT molecular complexity index is 574. The second-order valence-electron chi connectivity index (χ2n) is 7.85. The summed E-state index contributed by atoms with van der Waals surface area (Å²) >= 11 is 0. The first kappa shape index (κ1) is 19.1. The van der Waals surface area contributed by atoms with Crippen molar-refractivity contribution in [1.29, 1.82) is 0 Å². The Labute approximate surface area is 153 Å². The third-order valence-corrected chi connectivity index (χ3v) is 5.88. The van der Waals surface area contributed by atoms with Crippen LogP contribution in [0.5, 0.6) is 0 Å². The lowest BCUT2D eigenvalue weighted by molar-refractivity contribution is -0.370. The van der Waals surface area contributed by atoms with Crippen LogP contribution in [-0.2, 0) is 33.3 Å². The third-order valence-electron chi connectivity index (χ3n) is 5.88. The first-order valence-electron chi connectivity index (χ1n) is 9.57. The van der Waals surface area contributed by atoms with Gasteiger partial charge in [0.05, 0.1) is 11.5 Å². The maximum Gasteiger partial charge on any atom is 0.314 e. The number of fused-ring (bicyclic) bond motifs is 1. The number of carbonyl (C=O) groups is 3. The minimum absolute atomic E-state index is 0.246. The van der Waals surface area contributed by atoms with Crippen LogP contribution in [-0.4, -0.2) is 42.5 Å². The number of ether oxygens (including phenoxy) is 4. The van der Waals surface area contributed by atoms with Crippen LogP contribution in [0.1, 0.15) is 65.2 Å². The van der Waals surface area contributed by atoms with Crippen LogP contribution in [0.3, 0.4) is 0 Å². The maximum absolute atomic E-state index is 12.5. The predicted molar refractivity (Wildman–Crippen MR) is 89.8 cm³/mol. The number of esters is 3. The van der Waals surface area contributed by atoms with Crippen molar-refractivity contribution in [2.75, 3.05) is 13.2 Å². The van der Waals surface area contributed by atoms with Gasteiger partial charge in [-0.3, -0.25) is 14.4 Å². The Morgan fingerprint density at radius 1 is 1.19 bits per heavy atom. The maximum atomic E-state index is 12.5. The van der Waals surface area contributed by atoms with E-state index in [0.717, 1.165) is 44.9 Å². The summed E-state index contributed by atoms with van der Waals surface area (Å²) in [7, 11) is 0. The molecule has 0 radical (unpaired) electrons. The number of hydrogen-bond donors (Lipinski definition) is 0. The van der Waals surface area contributed by atoms with Crippen LogP contribution in [0.2, 0.25) is 0 Å². The first-order chi connectivity index (χ1) is 12.3. The summed E-state index contributed by atoms with van der Waals surface area (Å²) in [6.45, 7) is 2.64. The second-order valence-corrected chi connectivity index (χ2v) is 7.85. The molecule has 1 saturated carbocycles. The molecule has 0 spiro atoms. The van der Waals surface area contributed by atoms with E-state index in [-0.39, 0.29) is 37.0 Å². The highest BCUT2D eigenvalue weighted by Crippen LogP contribution is 2.54. The van der Waals surface area contributed by atoms with Gasteiger partial charge in [0.2, 0.25) is 0 Å². The zero-order chi connectivity index (χ0) is 18.8. The van der Waals surface area contributed by atoms with Crippen LogP contribution in [0, 0.1) is 11.8 Å². The normalized spacial score (nSPS) is 38.2. The zero-order valence-electron chi connectivity index (χ0n) is 15.6. The van der Waals surface area contributed by atoms with Gasteiger partial charge < -0.3 is 18.9 Å². The topological polar surface area (TPSA) is 88.1 Å². The summed E-state index contributed by atoms with van der Waals surface area (Å²) in [6, 6.07) is 0. The van der Waals surface area contributed by atoms with Gasteiger partial charge in [0.25, 0.3) is 5.79 Å². The van der Waals surface area contributed by atoms with Gasteiger partial charge >= 0.3 is 17.9 Å². The molecule has 4 atom stereocenters. The fraction of sp³-hybridized carbons (Fsp3) is 0.842. The molecule has 2 aliphatic heterocycles. The third kappa shape index (κ3) is 3.87. The molecule has 3 fully saturated rings. The Morgan fingerprint density at radius 2 is 1.92 bits per heavy atom. The molecular weight excluding hydrogens is 340 g/mol. The van der Waals surface area contributed by atoms with Crippen molar-refractivity contribution >= 4 is 17.9 Å². The lowest BCUT2D eigenvalue weighted by Gasteiger charge is -2.59. The van der Waals surface area contributed by atoms with Crippen LogP contribution >= 0.6 is 0 Å². The van der Waals surface area contributed by atoms with Gasteiger partial charge in [-0.2, -0.15) is 0 Å². The predicted octanol–water partition coefficient (Wildman–Crippen LogP) is 2.50. The molecule has 1 aliphatic carbocycles. The number of carbonyl (C=O) groups excluding carboxylic acids is 3. The Morgan fingerprint density at radius 3 is 2.69 bits per heavy atom. The van der Waals surface area contributed by atoms with Crippen molar-refractivity contribution in [2.24, 2.45) is 11.8 Å². The van der Waals surface area contributed by atoms with E-state index >= 15 is 0 Å². The standard InChI is InChI=1S/C19H28O7/c1-13(20)23-11-19-12-24-16(21)9-7-5-3-4-6-8-14-10-15(17(22)25-19)18(14,2)26-19/h14-15H,3-12H2,1-2H3/t14-,15+,18+,19-/m1/s1. The summed E-state index contributed by atoms with van der Waals surface area (Å²) in [5, 5.41) is 0. The molecule has 0 aromatic carbocycles. The molecule has 7 nitrogen and oxygen atoms in total. The summed E-state index contributed by atoms with van der Waals surface area (Å²) in [5.74, 6) is -2.88. The average molecular weight is 368 g/mol. The van der Waals surface area contributed by atoms with Gasteiger partial charge in [-0.1, -0.05) is 25.7 Å². The molecule has 3 aliphatic rings. The van der Waals surface area contributed by atoms with Crippen molar-refractivity contribution in [3.8, 4) is 0 Å². The number of hydrogen-bond acceptors (Lipinski definition) is 7. The van der Waals surface area contributed by atoms with Gasteiger partial charge in [0.15, 0.2) is 13.2 Å². The van der Waals surface area contributed by atoms with Crippen molar-refractivity contribution in [3.05, 3.63) is 0 Å². The second kappa shape index (κ2) is 7.55. The van der Waals surface area contributed by atoms with Crippen molar-refractivity contribution < 1.29 is 33.3 Å². The van der Waals surface area contributed by atoms with Crippen LogP contribution in [0.25, 0.3) is 0 Å². The number of cyclic esters (lactones) is 1. The largest absolute Gasteiger partial charge is 0.459 e. The van der Waals surface area contributed by atoms with E-state index in [1.54, 1.807) is 0 Å². The Hall–Kier alpha value is -1.63. The molecule has 0 aromatic rings. The molecule has 0 amide bonds. The Kier molecular flexibility index (Phi) is 5.55. The fourth-order valence-corrected chi connectivity index (χ4v) is 4.27. The smallest absolute Gasteiger partial charge is 0.314 e. The van der Waals surface area contributed by atoms with Crippen LogP contribution < -0.4 is 0 Å². The van der Waals surface area contributed by atoms with E-state index in [9.17, 15) is 14.4 Å². The molecule has 26 heavy (non-hydrogen) atoms. The minimum Gasteiger partial charge on any atom is -0.459 e. The molecule has 7 heteroatoms. The van der Waals surface area contributed by atoms with E-state index in [1.807, 2.05) is 6.92 Å². The summed E-state index contributed by atoms with van der Waals surface area (Å²) in [4.78, 5) is 35.8. The highest BCUT2D eigenvalue weighted by molar-refractivity contribution is 5.77. The van der Waals surface area contributed by atoms with Crippen molar-refractivity contribution in [3.63, 3.8) is 0 Å². The van der Waals surface area contributed by atoms with Gasteiger partial charge in [-0.05, 0) is 32.1 Å². The molecule has 2 bridgehead atoms. The molecule has 146 valence electrons. The Balaban J connectivity index is 1.81. The molecular formula is C19H28O7. The fourth-order valence-electron chi connectivity index (χ4n) is 4.27. The summed E-state index contributed by atoms with van der Waals surface area (Å²) in [5.41, 5.74) is -0.675. The molecule has 3 rings (SSSR count). The average Bonchev–Trinajstić information content (AvgIpc) is 2.57. The molecule has 2 saturated heterocycles. The minimum atomic E-state index is -1.56. The van der Waals surface area contributed by atoms with Gasteiger partial charge in [-0.25, -0.2) is 0 Å². The van der Waals surface area contributed by atoms with Gasteiger partial charge in [-0.15, -0.1) is 0 Å². The quantitative estimate of drug-likeness (QED) is 0.546. The summed E-state index contributed by atoms with van der Waals surface area (Å²) in [6.07, 6.45) is 7.12. The lowest BCUT2D eigenvalue weighted by atomic mass is 9.59. The van der Waals surface area contributed by atoms with E-state index in [2.05, 4.69) is 0 Å². The zero-order valence-corrected chi connectivity index (χ0v) is 15.6. The highest BCUT2D eigenvalue weighted by atomic mass is 16.8. The van der Waals surface area contributed by atoms with Crippen molar-refractivity contribution in [2.45, 2.75) is 76.6 Å². The van der Waals surface area contributed by atoms with Crippen LogP contribution in [0.4, 0.5) is 0 Å². The summed E-state index contributed by atoms with van der Waals surface area (Å²) < 4.78 is 22.1. The highest BCUT2D eigenvalue weighted by Gasteiger charge is 2.65. The van der Waals surface area contributed by atoms with Crippen molar-refractivity contribution in [1.82, 2.24) is 0 Å².